The Morgan fingerprint density at radius 1 is 1.35 bits per heavy atom. The molecular formula is C16H28ClN3. The highest BCUT2D eigenvalue weighted by Gasteiger charge is 2.22. The highest BCUT2D eigenvalue weighted by atomic mass is 35.5. The van der Waals surface area contributed by atoms with E-state index in [-0.39, 0.29) is 0 Å². The first-order valence-electron chi connectivity index (χ1n) is 8.03. The Kier molecular flexibility index (Phi) is 5.91. The predicted octanol–water partition coefficient (Wildman–Crippen LogP) is 4.74. The Hall–Kier alpha value is -0.540. The average Bonchev–Trinajstić information content (AvgIpc) is 2.83. The second kappa shape index (κ2) is 7.46. The first-order chi connectivity index (χ1) is 9.63. The number of halogens is 1. The summed E-state index contributed by atoms with van der Waals surface area (Å²) < 4.78 is 2.06. The molecule has 0 aliphatic heterocycles. The molecule has 1 unspecified atom stereocenters. The fraction of sp³-hybridized carbons (Fsp3) is 0.812. The van der Waals surface area contributed by atoms with Crippen LogP contribution < -0.4 is 5.32 Å². The largest absolute Gasteiger partial charge is 0.312 e. The number of nitrogens with zero attached hydrogens (tertiary/aromatic N) is 2. The van der Waals surface area contributed by atoms with E-state index in [2.05, 4.69) is 28.9 Å². The molecule has 0 bridgehead atoms. The van der Waals surface area contributed by atoms with Gasteiger partial charge in [0.2, 0.25) is 0 Å². The van der Waals surface area contributed by atoms with Crippen molar-refractivity contribution in [3.8, 4) is 0 Å². The summed E-state index contributed by atoms with van der Waals surface area (Å²) in [5.74, 6) is 0.911. The van der Waals surface area contributed by atoms with Gasteiger partial charge in [0.05, 0.1) is 23.0 Å². The van der Waals surface area contributed by atoms with Gasteiger partial charge in [0, 0.05) is 6.04 Å². The van der Waals surface area contributed by atoms with Gasteiger partial charge in [0.25, 0.3) is 0 Å². The molecule has 0 amide bonds. The summed E-state index contributed by atoms with van der Waals surface area (Å²) in [5.41, 5.74) is 1.15. The predicted molar refractivity (Wildman–Crippen MR) is 85.2 cm³/mol. The smallest absolute Gasteiger partial charge is 0.0834 e. The van der Waals surface area contributed by atoms with Gasteiger partial charge in [-0.3, -0.25) is 4.68 Å². The highest BCUT2D eigenvalue weighted by molar-refractivity contribution is 6.31. The molecule has 0 aromatic carbocycles. The number of rotatable bonds is 6. The maximum Gasteiger partial charge on any atom is 0.0834 e. The lowest BCUT2D eigenvalue weighted by Gasteiger charge is -2.25. The van der Waals surface area contributed by atoms with E-state index in [4.69, 9.17) is 11.6 Å². The van der Waals surface area contributed by atoms with Crippen LogP contribution in [-0.2, 0) is 0 Å². The van der Waals surface area contributed by atoms with Crippen LogP contribution in [0.3, 0.4) is 0 Å². The van der Waals surface area contributed by atoms with Crippen molar-refractivity contribution in [1.82, 2.24) is 15.1 Å². The van der Waals surface area contributed by atoms with Crippen molar-refractivity contribution in [2.24, 2.45) is 5.92 Å². The van der Waals surface area contributed by atoms with E-state index in [0.29, 0.717) is 12.1 Å². The quantitative estimate of drug-likeness (QED) is 0.822. The maximum absolute atomic E-state index is 6.36. The zero-order chi connectivity index (χ0) is 14.5. The van der Waals surface area contributed by atoms with Crippen LogP contribution in [0.15, 0.2) is 6.20 Å². The molecule has 1 atom stereocenters. The Morgan fingerprint density at radius 2 is 2.05 bits per heavy atom. The van der Waals surface area contributed by atoms with Crippen LogP contribution in [0.25, 0.3) is 0 Å². The molecule has 1 saturated carbocycles. The van der Waals surface area contributed by atoms with E-state index < -0.39 is 0 Å². The van der Waals surface area contributed by atoms with Crippen LogP contribution in [0.1, 0.15) is 76.6 Å². The zero-order valence-electron chi connectivity index (χ0n) is 13.0. The number of hydrogen-bond donors (Lipinski definition) is 1. The van der Waals surface area contributed by atoms with Crippen LogP contribution in [0.5, 0.6) is 0 Å². The third-order valence-electron chi connectivity index (χ3n) is 4.54. The minimum atomic E-state index is 0.314. The van der Waals surface area contributed by atoms with Crippen LogP contribution in [0.2, 0.25) is 5.02 Å². The van der Waals surface area contributed by atoms with Crippen LogP contribution in [0.4, 0.5) is 0 Å². The van der Waals surface area contributed by atoms with Crippen LogP contribution in [0, 0.1) is 5.92 Å². The summed E-state index contributed by atoms with van der Waals surface area (Å²) >= 11 is 6.36. The molecular weight excluding hydrogens is 270 g/mol. The zero-order valence-corrected chi connectivity index (χ0v) is 13.8. The monoisotopic (exact) mass is 297 g/mol. The lowest BCUT2D eigenvalue weighted by molar-refractivity contribution is 0.312. The van der Waals surface area contributed by atoms with E-state index in [0.717, 1.165) is 23.1 Å². The van der Waals surface area contributed by atoms with Crippen molar-refractivity contribution in [3.05, 3.63) is 16.9 Å². The molecule has 0 radical (unpaired) electrons. The third kappa shape index (κ3) is 3.76. The van der Waals surface area contributed by atoms with Crippen LogP contribution >= 0.6 is 11.6 Å². The summed E-state index contributed by atoms with van der Waals surface area (Å²) in [6, 6.07) is 0.664. The molecule has 1 heterocycles. The molecule has 1 fully saturated rings. The molecule has 20 heavy (non-hydrogen) atoms. The number of hydrogen-bond acceptors (Lipinski definition) is 2. The fourth-order valence-electron chi connectivity index (χ4n) is 3.38. The van der Waals surface area contributed by atoms with E-state index in [1.54, 1.807) is 6.20 Å². The highest BCUT2D eigenvalue weighted by Crippen LogP contribution is 2.33. The first-order valence-corrected chi connectivity index (χ1v) is 8.41. The molecule has 3 nitrogen and oxygen atoms in total. The molecule has 0 spiro atoms. The summed E-state index contributed by atoms with van der Waals surface area (Å²) in [4.78, 5) is 0. The molecule has 1 aliphatic carbocycles. The molecule has 1 aromatic heterocycles. The van der Waals surface area contributed by atoms with Gasteiger partial charge in [0.15, 0.2) is 0 Å². The molecule has 2 rings (SSSR count). The van der Waals surface area contributed by atoms with Gasteiger partial charge in [-0.25, -0.2) is 0 Å². The summed E-state index contributed by atoms with van der Waals surface area (Å²) in [6.07, 6.45) is 11.3. The van der Waals surface area contributed by atoms with Crippen molar-refractivity contribution in [3.63, 3.8) is 0 Å². The lowest BCUT2D eigenvalue weighted by atomic mass is 9.85. The second-order valence-corrected chi connectivity index (χ2v) is 6.75. The molecule has 4 heteroatoms. The average molecular weight is 298 g/mol. The number of nitrogens with one attached hydrogen (secondary N) is 1. The normalized spacial score (nSPS) is 18.6. The van der Waals surface area contributed by atoms with Gasteiger partial charge < -0.3 is 5.32 Å². The van der Waals surface area contributed by atoms with Gasteiger partial charge >= 0.3 is 0 Å². The van der Waals surface area contributed by atoms with Crippen molar-refractivity contribution < 1.29 is 0 Å². The van der Waals surface area contributed by atoms with E-state index in [1.807, 2.05) is 7.05 Å². The fourth-order valence-corrected chi connectivity index (χ4v) is 3.65. The molecule has 1 N–H and O–H groups in total. The van der Waals surface area contributed by atoms with Crippen molar-refractivity contribution in [2.75, 3.05) is 7.05 Å². The van der Waals surface area contributed by atoms with Crippen molar-refractivity contribution in [2.45, 2.75) is 70.9 Å². The van der Waals surface area contributed by atoms with Gasteiger partial charge in [-0.2, -0.15) is 5.10 Å². The summed E-state index contributed by atoms with van der Waals surface area (Å²) in [5, 5.41) is 8.65. The second-order valence-electron chi connectivity index (χ2n) is 6.34. The van der Waals surface area contributed by atoms with Gasteiger partial charge in [-0.15, -0.1) is 0 Å². The first kappa shape index (κ1) is 15.8. The Labute approximate surface area is 128 Å². The van der Waals surface area contributed by atoms with Crippen molar-refractivity contribution in [1.29, 1.82) is 0 Å². The minimum Gasteiger partial charge on any atom is -0.312 e. The van der Waals surface area contributed by atoms with Gasteiger partial charge in [0.1, 0.15) is 0 Å². The van der Waals surface area contributed by atoms with Gasteiger partial charge in [-0.05, 0) is 39.7 Å². The molecule has 0 saturated heterocycles. The lowest BCUT2D eigenvalue weighted by Crippen LogP contribution is -2.23. The Balaban J connectivity index is 2.02. The third-order valence-corrected chi connectivity index (χ3v) is 4.83. The summed E-state index contributed by atoms with van der Waals surface area (Å²) in [6.45, 7) is 4.31. The Morgan fingerprint density at radius 3 is 2.65 bits per heavy atom. The van der Waals surface area contributed by atoms with Crippen LogP contribution in [-0.4, -0.2) is 16.8 Å². The van der Waals surface area contributed by atoms with Crippen molar-refractivity contribution >= 4 is 11.6 Å². The van der Waals surface area contributed by atoms with Gasteiger partial charge in [-0.1, -0.05) is 43.7 Å². The SMILES string of the molecule is CNC(CCC1CCCCC1)c1c(Cl)cnn1C(C)C. The maximum atomic E-state index is 6.36. The molecule has 114 valence electrons. The van der Waals surface area contributed by atoms with E-state index in [9.17, 15) is 0 Å². The summed E-state index contributed by atoms with van der Waals surface area (Å²) in [7, 11) is 2.03. The molecule has 1 aliphatic rings. The van der Waals surface area contributed by atoms with E-state index >= 15 is 0 Å². The van der Waals surface area contributed by atoms with E-state index in [1.165, 1.54) is 38.5 Å². The Bertz CT molecular complexity index is 408. The minimum absolute atomic E-state index is 0.314. The standard InChI is InChI=1S/C16H28ClN3/c1-12(2)20-16(14(17)11-19-20)15(18-3)10-9-13-7-5-4-6-8-13/h11-13,15,18H,4-10H2,1-3H3. The number of aromatic nitrogens is 2. The topological polar surface area (TPSA) is 29.9 Å². The molecule has 1 aromatic rings.